The standard InChI is InChI=1S/C18H28N2/c19-17-12-16(11-15-7-3-1-4-8-15)13-20(14-17)18-9-5-2-6-10-18/h1,3-4,7-8,16-18H,2,5-6,9-14,19H2. The summed E-state index contributed by atoms with van der Waals surface area (Å²) in [5.74, 6) is 0.739. The molecule has 2 fully saturated rings. The normalized spacial score (nSPS) is 29.4. The van der Waals surface area contributed by atoms with Crippen LogP contribution in [0.4, 0.5) is 0 Å². The van der Waals surface area contributed by atoms with Crippen LogP contribution in [0, 0.1) is 5.92 Å². The van der Waals surface area contributed by atoms with Gasteiger partial charge in [0.25, 0.3) is 0 Å². The predicted molar refractivity (Wildman–Crippen MR) is 84.7 cm³/mol. The van der Waals surface area contributed by atoms with Gasteiger partial charge < -0.3 is 5.73 Å². The minimum atomic E-state index is 0.374. The van der Waals surface area contributed by atoms with Crippen molar-refractivity contribution in [3.05, 3.63) is 35.9 Å². The van der Waals surface area contributed by atoms with E-state index in [1.54, 1.807) is 0 Å². The van der Waals surface area contributed by atoms with E-state index in [9.17, 15) is 0 Å². The van der Waals surface area contributed by atoms with Gasteiger partial charge in [0.15, 0.2) is 0 Å². The summed E-state index contributed by atoms with van der Waals surface area (Å²) in [6.07, 6.45) is 9.44. The Morgan fingerprint density at radius 2 is 1.75 bits per heavy atom. The summed E-state index contributed by atoms with van der Waals surface area (Å²) in [6.45, 7) is 2.38. The molecule has 0 bridgehead atoms. The Bertz CT molecular complexity index is 397. The maximum atomic E-state index is 6.33. The van der Waals surface area contributed by atoms with Gasteiger partial charge in [0.1, 0.15) is 0 Å². The van der Waals surface area contributed by atoms with E-state index < -0.39 is 0 Å². The van der Waals surface area contributed by atoms with Gasteiger partial charge in [-0.2, -0.15) is 0 Å². The molecule has 1 aliphatic carbocycles. The van der Waals surface area contributed by atoms with Crippen LogP contribution in [-0.4, -0.2) is 30.1 Å². The Labute approximate surface area is 123 Å². The number of rotatable bonds is 3. The third kappa shape index (κ3) is 3.62. The van der Waals surface area contributed by atoms with Crippen molar-refractivity contribution >= 4 is 0 Å². The molecule has 1 aromatic rings. The quantitative estimate of drug-likeness (QED) is 0.915. The summed E-state index contributed by atoms with van der Waals surface area (Å²) in [5.41, 5.74) is 7.80. The molecule has 2 atom stereocenters. The maximum absolute atomic E-state index is 6.33. The lowest BCUT2D eigenvalue weighted by molar-refractivity contribution is 0.0870. The van der Waals surface area contributed by atoms with Crippen molar-refractivity contribution in [3.63, 3.8) is 0 Å². The molecular formula is C18H28N2. The second-order valence-corrected chi connectivity index (χ2v) is 6.80. The van der Waals surface area contributed by atoms with Gasteiger partial charge >= 0.3 is 0 Å². The van der Waals surface area contributed by atoms with E-state index >= 15 is 0 Å². The van der Waals surface area contributed by atoms with Gasteiger partial charge in [0.2, 0.25) is 0 Å². The van der Waals surface area contributed by atoms with Crippen LogP contribution < -0.4 is 5.73 Å². The third-order valence-corrected chi connectivity index (χ3v) is 5.06. The van der Waals surface area contributed by atoms with Crippen LogP contribution in [0.15, 0.2) is 30.3 Å². The van der Waals surface area contributed by atoms with Gasteiger partial charge in [-0.05, 0) is 37.2 Å². The average Bonchev–Trinajstić information content (AvgIpc) is 2.49. The minimum absolute atomic E-state index is 0.374. The van der Waals surface area contributed by atoms with Crippen LogP contribution in [0.5, 0.6) is 0 Å². The Hall–Kier alpha value is -0.860. The SMILES string of the molecule is NC1CC(Cc2ccccc2)CN(C2CCCCC2)C1. The number of hydrogen-bond acceptors (Lipinski definition) is 2. The van der Waals surface area contributed by atoms with E-state index in [-0.39, 0.29) is 0 Å². The lowest BCUT2D eigenvalue weighted by Crippen LogP contribution is -2.51. The number of benzene rings is 1. The molecule has 0 aromatic heterocycles. The van der Waals surface area contributed by atoms with E-state index in [1.165, 1.54) is 57.1 Å². The second kappa shape index (κ2) is 6.73. The molecule has 3 rings (SSSR count). The van der Waals surface area contributed by atoms with Crippen LogP contribution in [-0.2, 0) is 6.42 Å². The van der Waals surface area contributed by atoms with E-state index in [4.69, 9.17) is 5.73 Å². The van der Waals surface area contributed by atoms with Gasteiger partial charge in [0.05, 0.1) is 0 Å². The highest BCUT2D eigenvalue weighted by atomic mass is 15.2. The average molecular weight is 272 g/mol. The Morgan fingerprint density at radius 1 is 1.00 bits per heavy atom. The first kappa shape index (κ1) is 14.1. The fourth-order valence-electron chi connectivity index (χ4n) is 4.12. The highest BCUT2D eigenvalue weighted by molar-refractivity contribution is 5.15. The number of nitrogens with zero attached hydrogens (tertiary/aromatic N) is 1. The number of likely N-dealkylation sites (tertiary alicyclic amines) is 1. The minimum Gasteiger partial charge on any atom is -0.327 e. The van der Waals surface area contributed by atoms with Crippen molar-refractivity contribution in [2.24, 2.45) is 11.7 Å². The molecule has 1 saturated carbocycles. The fourth-order valence-corrected chi connectivity index (χ4v) is 4.12. The smallest absolute Gasteiger partial charge is 0.0171 e. The van der Waals surface area contributed by atoms with Crippen molar-refractivity contribution in [3.8, 4) is 0 Å². The summed E-state index contributed by atoms with van der Waals surface area (Å²) in [5, 5.41) is 0. The Kier molecular flexibility index (Phi) is 4.74. The molecule has 0 spiro atoms. The zero-order valence-corrected chi connectivity index (χ0v) is 12.5. The fraction of sp³-hybridized carbons (Fsp3) is 0.667. The maximum Gasteiger partial charge on any atom is 0.0171 e. The van der Waals surface area contributed by atoms with Gasteiger partial charge in [-0.3, -0.25) is 4.90 Å². The number of nitrogens with two attached hydrogens (primary N) is 1. The summed E-state index contributed by atoms with van der Waals surface area (Å²) in [7, 11) is 0. The topological polar surface area (TPSA) is 29.3 Å². The van der Waals surface area contributed by atoms with Crippen molar-refractivity contribution in [1.82, 2.24) is 4.90 Å². The van der Waals surface area contributed by atoms with Crippen LogP contribution in [0.25, 0.3) is 0 Å². The highest BCUT2D eigenvalue weighted by Crippen LogP contribution is 2.28. The van der Waals surface area contributed by atoms with Gasteiger partial charge in [-0.15, -0.1) is 0 Å². The van der Waals surface area contributed by atoms with Crippen LogP contribution >= 0.6 is 0 Å². The molecule has 2 aliphatic rings. The first-order valence-corrected chi connectivity index (χ1v) is 8.35. The Morgan fingerprint density at radius 3 is 2.50 bits per heavy atom. The molecule has 110 valence electrons. The first-order valence-electron chi connectivity index (χ1n) is 8.35. The lowest BCUT2D eigenvalue weighted by Gasteiger charge is -2.42. The van der Waals surface area contributed by atoms with E-state index in [0.717, 1.165) is 18.5 Å². The molecule has 0 radical (unpaired) electrons. The highest BCUT2D eigenvalue weighted by Gasteiger charge is 2.30. The van der Waals surface area contributed by atoms with Crippen molar-refractivity contribution in [2.45, 2.75) is 57.0 Å². The van der Waals surface area contributed by atoms with Gasteiger partial charge in [-0.1, -0.05) is 49.6 Å². The summed E-state index contributed by atoms with van der Waals surface area (Å²) in [4.78, 5) is 2.71. The molecule has 1 heterocycles. The van der Waals surface area contributed by atoms with Crippen LogP contribution in [0.3, 0.4) is 0 Å². The first-order chi connectivity index (χ1) is 9.81. The summed E-state index contributed by atoms with van der Waals surface area (Å²) >= 11 is 0. The monoisotopic (exact) mass is 272 g/mol. The van der Waals surface area contributed by atoms with Crippen LogP contribution in [0.2, 0.25) is 0 Å². The zero-order valence-electron chi connectivity index (χ0n) is 12.5. The molecule has 2 nitrogen and oxygen atoms in total. The molecule has 2 heteroatoms. The molecule has 1 aromatic carbocycles. The van der Waals surface area contributed by atoms with E-state index in [2.05, 4.69) is 35.2 Å². The number of hydrogen-bond donors (Lipinski definition) is 1. The second-order valence-electron chi connectivity index (χ2n) is 6.80. The molecule has 20 heavy (non-hydrogen) atoms. The van der Waals surface area contributed by atoms with Gasteiger partial charge in [0, 0.05) is 25.2 Å². The van der Waals surface area contributed by atoms with E-state index in [0.29, 0.717) is 6.04 Å². The van der Waals surface area contributed by atoms with Crippen molar-refractivity contribution in [1.29, 1.82) is 0 Å². The summed E-state index contributed by atoms with van der Waals surface area (Å²) < 4.78 is 0. The molecule has 2 N–H and O–H groups in total. The lowest BCUT2D eigenvalue weighted by atomic mass is 9.86. The molecule has 1 aliphatic heterocycles. The third-order valence-electron chi connectivity index (χ3n) is 5.06. The van der Waals surface area contributed by atoms with Gasteiger partial charge in [-0.25, -0.2) is 0 Å². The Balaban J connectivity index is 1.60. The number of piperidine rings is 1. The molecule has 0 amide bonds. The molecule has 1 saturated heterocycles. The van der Waals surface area contributed by atoms with Crippen molar-refractivity contribution < 1.29 is 0 Å². The largest absolute Gasteiger partial charge is 0.327 e. The predicted octanol–water partition coefficient (Wildman–Crippen LogP) is 3.21. The zero-order chi connectivity index (χ0) is 13.8. The van der Waals surface area contributed by atoms with Crippen LogP contribution in [0.1, 0.15) is 44.1 Å². The summed E-state index contributed by atoms with van der Waals surface area (Å²) in [6, 6.07) is 12.1. The van der Waals surface area contributed by atoms with Crippen molar-refractivity contribution in [2.75, 3.05) is 13.1 Å². The van der Waals surface area contributed by atoms with E-state index in [1.807, 2.05) is 0 Å². The molecular weight excluding hydrogens is 244 g/mol. The molecule has 2 unspecified atom stereocenters.